The van der Waals surface area contributed by atoms with E-state index in [4.69, 9.17) is 0 Å². The normalized spacial score (nSPS) is 9.73. The molecule has 0 radical (unpaired) electrons. The second-order valence-electron chi connectivity index (χ2n) is 3.42. The number of anilines is 1. The topological polar surface area (TPSA) is 15.9 Å². The van der Waals surface area contributed by atoms with E-state index >= 15 is 0 Å². The second kappa shape index (κ2) is 5.30. The molecule has 0 aliphatic carbocycles. The van der Waals surface area contributed by atoms with E-state index < -0.39 is 0 Å². The summed E-state index contributed by atoms with van der Waals surface area (Å²) in [5.41, 5.74) is 2.44. The van der Waals surface area contributed by atoms with Crippen molar-refractivity contribution in [1.82, 2.24) is 0 Å². The van der Waals surface area contributed by atoms with Gasteiger partial charge in [0.1, 0.15) is 7.05 Å². The fraction of sp³-hybridized carbons (Fsp3) is 0.250. The van der Waals surface area contributed by atoms with E-state index in [2.05, 4.69) is 60.4 Å². The zero-order valence-corrected chi connectivity index (χ0v) is 11.2. The van der Waals surface area contributed by atoms with Crippen LogP contribution in [-0.2, 0) is 7.05 Å². The highest BCUT2D eigenvalue weighted by atomic mass is 127. The van der Waals surface area contributed by atoms with Crippen molar-refractivity contribution in [2.24, 2.45) is 7.05 Å². The minimum Gasteiger partial charge on any atom is -1.00 e. The van der Waals surface area contributed by atoms with Crippen molar-refractivity contribution in [2.45, 2.75) is 6.92 Å². The molecule has 1 heterocycles. The molecule has 15 heavy (non-hydrogen) atoms. The van der Waals surface area contributed by atoms with Gasteiger partial charge in [-0.1, -0.05) is 0 Å². The van der Waals surface area contributed by atoms with Gasteiger partial charge in [-0.2, -0.15) is 0 Å². The maximum atomic E-state index is 3.31. The van der Waals surface area contributed by atoms with E-state index in [1.165, 1.54) is 16.6 Å². The first-order valence-electron chi connectivity index (χ1n) is 4.93. The third kappa shape index (κ3) is 2.59. The first-order valence-corrected chi connectivity index (χ1v) is 4.93. The number of halogens is 1. The summed E-state index contributed by atoms with van der Waals surface area (Å²) in [4.78, 5) is 0. The molecule has 0 aliphatic heterocycles. The van der Waals surface area contributed by atoms with Crippen molar-refractivity contribution < 1.29 is 28.5 Å². The van der Waals surface area contributed by atoms with Crippen molar-refractivity contribution in [3.63, 3.8) is 0 Å². The number of aromatic nitrogens is 1. The van der Waals surface area contributed by atoms with Crippen molar-refractivity contribution in [1.29, 1.82) is 0 Å². The quantitative estimate of drug-likeness (QED) is 0.561. The number of hydrogen-bond acceptors (Lipinski definition) is 1. The Kier molecular flexibility index (Phi) is 4.32. The molecule has 0 aliphatic rings. The molecule has 0 atom stereocenters. The van der Waals surface area contributed by atoms with Crippen molar-refractivity contribution in [3.05, 3.63) is 36.5 Å². The Morgan fingerprint density at radius 2 is 2.07 bits per heavy atom. The van der Waals surface area contributed by atoms with Gasteiger partial charge >= 0.3 is 0 Å². The van der Waals surface area contributed by atoms with Gasteiger partial charge in [0, 0.05) is 29.8 Å². The summed E-state index contributed by atoms with van der Waals surface area (Å²) >= 11 is 0. The molecule has 2 rings (SSSR count). The van der Waals surface area contributed by atoms with Crippen LogP contribution in [0, 0.1) is 0 Å². The van der Waals surface area contributed by atoms with Crippen LogP contribution < -0.4 is 33.9 Å². The van der Waals surface area contributed by atoms with E-state index in [1.807, 2.05) is 0 Å². The minimum atomic E-state index is 0. The van der Waals surface area contributed by atoms with Crippen LogP contribution in [0.4, 0.5) is 5.69 Å². The molecule has 0 saturated carbocycles. The number of nitrogens with one attached hydrogen (secondary N) is 1. The SMILES string of the molecule is CCNc1ccc2ccc[n+](C)c2c1.[I-]. The highest BCUT2D eigenvalue weighted by molar-refractivity contribution is 5.79. The van der Waals surface area contributed by atoms with Gasteiger partial charge in [-0.25, -0.2) is 4.57 Å². The number of aryl methyl sites for hydroxylation is 1. The van der Waals surface area contributed by atoms with Crippen LogP contribution in [-0.4, -0.2) is 6.54 Å². The van der Waals surface area contributed by atoms with Crippen molar-refractivity contribution >= 4 is 16.6 Å². The monoisotopic (exact) mass is 314 g/mol. The molecule has 0 spiro atoms. The highest BCUT2D eigenvalue weighted by Gasteiger charge is 2.03. The lowest BCUT2D eigenvalue weighted by Crippen LogP contribution is -3.00. The summed E-state index contributed by atoms with van der Waals surface area (Å²) in [5.74, 6) is 0. The predicted octanol–water partition coefficient (Wildman–Crippen LogP) is -0.900. The molecule has 3 heteroatoms. The molecule has 1 aromatic carbocycles. The fourth-order valence-electron chi connectivity index (χ4n) is 1.66. The summed E-state index contributed by atoms with van der Waals surface area (Å²) in [7, 11) is 2.07. The first kappa shape index (κ1) is 12.2. The zero-order valence-electron chi connectivity index (χ0n) is 9.00. The van der Waals surface area contributed by atoms with E-state index in [-0.39, 0.29) is 24.0 Å². The Labute approximate surface area is 107 Å². The first-order chi connectivity index (χ1) is 6.81. The van der Waals surface area contributed by atoms with Crippen molar-refractivity contribution in [2.75, 3.05) is 11.9 Å². The molecular formula is C12H15IN2. The number of rotatable bonds is 2. The molecule has 0 fully saturated rings. The maximum absolute atomic E-state index is 3.31. The van der Waals surface area contributed by atoms with E-state index in [0.717, 1.165) is 6.54 Å². The Hall–Kier alpha value is -0.840. The smallest absolute Gasteiger partial charge is 0.214 e. The van der Waals surface area contributed by atoms with Gasteiger partial charge in [0.2, 0.25) is 5.52 Å². The number of benzene rings is 1. The summed E-state index contributed by atoms with van der Waals surface area (Å²) in [6, 6.07) is 10.6. The van der Waals surface area contributed by atoms with E-state index in [1.54, 1.807) is 0 Å². The van der Waals surface area contributed by atoms with Gasteiger partial charge in [-0.05, 0) is 25.1 Å². The lowest BCUT2D eigenvalue weighted by molar-refractivity contribution is -0.644. The number of fused-ring (bicyclic) bond motifs is 1. The zero-order chi connectivity index (χ0) is 9.97. The fourth-order valence-corrected chi connectivity index (χ4v) is 1.66. The Balaban J connectivity index is 0.00000112. The molecular weight excluding hydrogens is 299 g/mol. The maximum Gasteiger partial charge on any atom is 0.214 e. The Bertz CT molecular complexity index is 454. The lowest BCUT2D eigenvalue weighted by Gasteiger charge is -2.03. The van der Waals surface area contributed by atoms with Gasteiger partial charge in [-0.3, -0.25) is 0 Å². The van der Waals surface area contributed by atoms with Gasteiger partial charge in [0.25, 0.3) is 0 Å². The molecule has 2 aromatic rings. The molecule has 80 valence electrons. The van der Waals surface area contributed by atoms with Gasteiger partial charge < -0.3 is 29.3 Å². The average molecular weight is 314 g/mol. The number of nitrogens with zero attached hydrogens (tertiary/aromatic N) is 1. The molecule has 1 aromatic heterocycles. The highest BCUT2D eigenvalue weighted by Crippen LogP contribution is 2.15. The average Bonchev–Trinajstić information content (AvgIpc) is 2.20. The molecule has 0 bridgehead atoms. The minimum absolute atomic E-state index is 0. The summed E-state index contributed by atoms with van der Waals surface area (Å²) in [6.07, 6.45) is 2.07. The summed E-state index contributed by atoms with van der Waals surface area (Å²) in [5, 5.41) is 4.59. The predicted molar refractivity (Wildman–Crippen MR) is 59.3 cm³/mol. The van der Waals surface area contributed by atoms with Gasteiger partial charge in [0.15, 0.2) is 6.20 Å². The number of hydrogen-bond donors (Lipinski definition) is 1. The van der Waals surface area contributed by atoms with Crippen LogP contribution in [0.3, 0.4) is 0 Å². The van der Waals surface area contributed by atoms with Crippen LogP contribution in [0.5, 0.6) is 0 Å². The van der Waals surface area contributed by atoms with Crippen LogP contribution in [0.25, 0.3) is 10.9 Å². The van der Waals surface area contributed by atoms with E-state index in [0.29, 0.717) is 0 Å². The van der Waals surface area contributed by atoms with Gasteiger partial charge in [-0.15, -0.1) is 0 Å². The van der Waals surface area contributed by atoms with Crippen LogP contribution >= 0.6 is 0 Å². The third-order valence-electron chi connectivity index (χ3n) is 2.38. The van der Waals surface area contributed by atoms with E-state index in [9.17, 15) is 0 Å². The molecule has 1 N–H and O–H groups in total. The van der Waals surface area contributed by atoms with Crippen LogP contribution in [0.1, 0.15) is 6.92 Å². The molecule has 0 amide bonds. The molecule has 0 unspecified atom stereocenters. The van der Waals surface area contributed by atoms with Gasteiger partial charge in [0.05, 0.1) is 0 Å². The third-order valence-corrected chi connectivity index (χ3v) is 2.38. The summed E-state index contributed by atoms with van der Waals surface area (Å²) in [6.45, 7) is 3.07. The van der Waals surface area contributed by atoms with Crippen LogP contribution in [0.2, 0.25) is 0 Å². The van der Waals surface area contributed by atoms with Crippen LogP contribution in [0.15, 0.2) is 36.5 Å². The number of pyridine rings is 1. The standard InChI is InChI=1S/C12H14N2.HI/c1-3-13-11-7-6-10-5-4-8-14(2)12(10)9-11;/h4-9H,3H2,1-2H3;1H. The molecule has 0 saturated heterocycles. The van der Waals surface area contributed by atoms with Crippen molar-refractivity contribution in [3.8, 4) is 0 Å². The summed E-state index contributed by atoms with van der Waals surface area (Å²) < 4.78 is 2.14. The Morgan fingerprint density at radius 3 is 2.80 bits per heavy atom. The second-order valence-corrected chi connectivity index (χ2v) is 3.42. The lowest BCUT2D eigenvalue weighted by atomic mass is 10.2. The molecule has 2 nitrogen and oxygen atoms in total. The Morgan fingerprint density at radius 1 is 1.27 bits per heavy atom. The largest absolute Gasteiger partial charge is 1.00 e.